The molecule has 0 aliphatic heterocycles. The summed E-state index contributed by atoms with van der Waals surface area (Å²) in [6.45, 7) is 4.76. The molecule has 0 aromatic heterocycles. The van der Waals surface area contributed by atoms with Crippen LogP contribution in [0.15, 0.2) is 54.6 Å². The molecule has 138 valence electrons. The molecule has 0 radical (unpaired) electrons. The Morgan fingerprint density at radius 2 is 1.65 bits per heavy atom. The van der Waals surface area contributed by atoms with Crippen LogP contribution in [0.2, 0.25) is 0 Å². The van der Waals surface area contributed by atoms with Gasteiger partial charge in [0.25, 0.3) is 5.91 Å². The van der Waals surface area contributed by atoms with Crippen LogP contribution in [0, 0.1) is 5.92 Å². The van der Waals surface area contributed by atoms with Crippen LogP contribution in [0.1, 0.15) is 29.8 Å². The third-order valence-electron chi connectivity index (χ3n) is 3.77. The van der Waals surface area contributed by atoms with E-state index in [0.717, 1.165) is 5.56 Å². The number of amides is 1. The molecule has 2 rings (SSSR count). The highest BCUT2D eigenvalue weighted by Crippen LogP contribution is 2.14. The van der Waals surface area contributed by atoms with Crippen LogP contribution >= 0.6 is 0 Å². The fraction of sp³-hybridized carbons (Fsp3) is 0.333. The zero-order chi connectivity index (χ0) is 18.9. The minimum Gasteiger partial charge on any atom is -0.493 e. The molecule has 0 heterocycles. The van der Waals surface area contributed by atoms with Crippen LogP contribution in [0.3, 0.4) is 0 Å². The Bertz CT molecular complexity index is 711. The van der Waals surface area contributed by atoms with Crippen LogP contribution < -0.4 is 10.1 Å². The molecule has 0 saturated heterocycles. The molecule has 1 unspecified atom stereocenters. The molecule has 1 N–H and O–H groups in total. The van der Waals surface area contributed by atoms with Crippen molar-refractivity contribution >= 4 is 11.9 Å². The Balaban J connectivity index is 2.03. The van der Waals surface area contributed by atoms with Gasteiger partial charge in [0, 0.05) is 12.0 Å². The van der Waals surface area contributed by atoms with Gasteiger partial charge in [0.1, 0.15) is 11.8 Å². The van der Waals surface area contributed by atoms with Crippen molar-refractivity contribution < 1.29 is 19.1 Å². The van der Waals surface area contributed by atoms with E-state index in [0.29, 0.717) is 30.3 Å². The summed E-state index contributed by atoms with van der Waals surface area (Å²) < 4.78 is 10.4. The molecule has 0 saturated carbocycles. The van der Waals surface area contributed by atoms with Gasteiger partial charge < -0.3 is 14.8 Å². The maximum absolute atomic E-state index is 12.5. The number of rotatable bonds is 8. The Labute approximate surface area is 154 Å². The molecule has 0 aliphatic carbocycles. The second kappa shape index (κ2) is 9.61. The molecule has 0 spiro atoms. The minimum atomic E-state index is -0.744. The van der Waals surface area contributed by atoms with Crippen molar-refractivity contribution in [3.05, 3.63) is 65.7 Å². The van der Waals surface area contributed by atoms with E-state index in [4.69, 9.17) is 9.47 Å². The molecular formula is C21H25NO4. The third kappa shape index (κ3) is 5.92. The SMILES string of the molecule is COC(=O)C(Cc1ccccc1)NC(=O)c1ccc(OCC(C)C)cc1. The van der Waals surface area contributed by atoms with Gasteiger partial charge >= 0.3 is 5.97 Å². The maximum atomic E-state index is 12.5. The first-order valence-electron chi connectivity index (χ1n) is 8.65. The third-order valence-corrected chi connectivity index (χ3v) is 3.77. The minimum absolute atomic E-state index is 0.327. The number of carbonyl (C=O) groups is 2. The summed E-state index contributed by atoms with van der Waals surface area (Å²) in [6.07, 6.45) is 0.370. The predicted molar refractivity (Wildman–Crippen MR) is 100 cm³/mol. The van der Waals surface area contributed by atoms with Gasteiger partial charge in [-0.15, -0.1) is 0 Å². The number of hydrogen-bond donors (Lipinski definition) is 1. The van der Waals surface area contributed by atoms with Crippen LogP contribution in [-0.2, 0) is 16.0 Å². The Morgan fingerprint density at radius 1 is 1.00 bits per heavy atom. The van der Waals surface area contributed by atoms with Gasteiger partial charge in [0.15, 0.2) is 0 Å². The highest BCUT2D eigenvalue weighted by atomic mass is 16.5. The van der Waals surface area contributed by atoms with Gasteiger partial charge in [-0.1, -0.05) is 44.2 Å². The Kier molecular flexibility index (Phi) is 7.21. The first-order chi connectivity index (χ1) is 12.5. The van der Waals surface area contributed by atoms with Gasteiger partial charge in [0.05, 0.1) is 13.7 Å². The van der Waals surface area contributed by atoms with E-state index >= 15 is 0 Å². The monoisotopic (exact) mass is 355 g/mol. The number of hydrogen-bond acceptors (Lipinski definition) is 4. The van der Waals surface area contributed by atoms with Crippen molar-refractivity contribution in [1.29, 1.82) is 0 Å². The lowest BCUT2D eigenvalue weighted by Gasteiger charge is -2.17. The lowest BCUT2D eigenvalue weighted by molar-refractivity contribution is -0.142. The topological polar surface area (TPSA) is 64.6 Å². The van der Waals surface area contributed by atoms with Gasteiger partial charge in [-0.25, -0.2) is 4.79 Å². The van der Waals surface area contributed by atoms with Crippen molar-refractivity contribution in [2.75, 3.05) is 13.7 Å². The lowest BCUT2D eigenvalue weighted by Crippen LogP contribution is -2.43. The molecule has 0 bridgehead atoms. The lowest BCUT2D eigenvalue weighted by atomic mass is 10.1. The van der Waals surface area contributed by atoms with Crippen LogP contribution in [0.25, 0.3) is 0 Å². The van der Waals surface area contributed by atoms with Gasteiger partial charge in [-0.3, -0.25) is 4.79 Å². The Morgan fingerprint density at radius 3 is 2.23 bits per heavy atom. The smallest absolute Gasteiger partial charge is 0.328 e. The molecule has 2 aromatic rings. The molecule has 5 heteroatoms. The first kappa shape index (κ1) is 19.5. The highest BCUT2D eigenvalue weighted by molar-refractivity contribution is 5.96. The van der Waals surface area contributed by atoms with Crippen molar-refractivity contribution in [2.24, 2.45) is 5.92 Å². The van der Waals surface area contributed by atoms with Gasteiger partial charge in [-0.05, 0) is 35.7 Å². The summed E-state index contributed by atoms with van der Waals surface area (Å²) in [7, 11) is 1.31. The summed E-state index contributed by atoms with van der Waals surface area (Å²) in [5.41, 5.74) is 1.41. The predicted octanol–water partition coefficient (Wildman–Crippen LogP) is 3.24. The molecule has 0 aliphatic rings. The van der Waals surface area contributed by atoms with Crippen molar-refractivity contribution in [3.8, 4) is 5.75 Å². The van der Waals surface area contributed by atoms with E-state index in [-0.39, 0.29) is 5.91 Å². The van der Waals surface area contributed by atoms with E-state index in [1.54, 1.807) is 24.3 Å². The fourth-order valence-corrected chi connectivity index (χ4v) is 2.39. The highest BCUT2D eigenvalue weighted by Gasteiger charge is 2.22. The maximum Gasteiger partial charge on any atom is 0.328 e. The number of ether oxygens (including phenoxy) is 2. The number of carbonyl (C=O) groups excluding carboxylic acids is 2. The van der Waals surface area contributed by atoms with E-state index in [2.05, 4.69) is 19.2 Å². The molecular weight excluding hydrogens is 330 g/mol. The molecule has 1 amide bonds. The average Bonchev–Trinajstić information content (AvgIpc) is 2.66. The quantitative estimate of drug-likeness (QED) is 0.739. The van der Waals surface area contributed by atoms with E-state index in [1.807, 2.05) is 30.3 Å². The molecule has 5 nitrogen and oxygen atoms in total. The zero-order valence-corrected chi connectivity index (χ0v) is 15.4. The first-order valence-corrected chi connectivity index (χ1v) is 8.65. The fourth-order valence-electron chi connectivity index (χ4n) is 2.39. The van der Waals surface area contributed by atoms with Crippen molar-refractivity contribution in [2.45, 2.75) is 26.3 Å². The molecule has 26 heavy (non-hydrogen) atoms. The number of esters is 1. The number of methoxy groups -OCH3 is 1. The second-order valence-corrected chi connectivity index (χ2v) is 6.47. The summed E-state index contributed by atoms with van der Waals surface area (Å²) in [6, 6.07) is 15.6. The van der Waals surface area contributed by atoms with E-state index in [9.17, 15) is 9.59 Å². The summed E-state index contributed by atoms with van der Waals surface area (Å²) >= 11 is 0. The van der Waals surface area contributed by atoms with Gasteiger partial charge in [0.2, 0.25) is 0 Å². The van der Waals surface area contributed by atoms with Crippen molar-refractivity contribution in [3.63, 3.8) is 0 Å². The zero-order valence-electron chi connectivity index (χ0n) is 15.4. The number of benzene rings is 2. The van der Waals surface area contributed by atoms with Crippen LogP contribution in [-0.4, -0.2) is 31.6 Å². The average molecular weight is 355 g/mol. The second-order valence-electron chi connectivity index (χ2n) is 6.47. The van der Waals surface area contributed by atoms with Crippen molar-refractivity contribution in [1.82, 2.24) is 5.32 Å². The molecule has 2 aromatic carbocycles. The Hall–Kier alpha value is -2.82. The molecule has 0 fully saturated rings. The van der Waals surface area contributed by atoms with Gasteiger partial charge in [-0.2, -0.15) is 0 Å². The van der Waals surface area contributed by atoms with Crippen LogP contribution in [0.5, 0.6) is 5.75 Å². The summed E-state index contributed by atoms with van der Waals surface area (Å²) in [5.74, 6) is 0.340. The van der Waals surface area contributed by atoms with E-state index in [1.165, 1.54) is 7.11 Å². The van der Waals surface area contributed by atoms with Crippen LogP contribution in [0.4, 0.5) is 0 Å². The summed E-state index contributed by atoms with van der Waals surface area (Å²) in [5, 5.41) is 2.75. The largest absolute Gasteiger partial charge is 0.493 e. The normalized spacial score (nSPS) is 11.7. The van der Waals surface area contributed by atoms with E-state index < -0.39 is 12.0 Å². The molecule has 1 atom stereocenters. The number of nitrogens with one attached hydrogen (secondary N) is 1. The standard InChI is InChI=1S/C21H25NO4/c1-15(2)14-26-18-11-9-17(10-12-18)20(23)22-19(21(24)25-3)13-16-7-5-4-6-8-16/h4-12,15,19H,13-14H2,1-3H3,(H,22,23). The summed E-state index contributed by atoms with van der Waals surface area (Å²) in [4.78, 5) is 24.5.